The summed E-state index contributed by atoms with van der Waals surface area (Å²) in [5, 5.41) is 0. The molecule has 1 heterocycles. The van der Waals surface area contributed by atoms with Crippen molar-refractivity contribution in [2.75, 3.05) is 27.6 Å². The summed E-state index contributed by atoms with van der Waals surface area (Å²) in [6.45, 7) is 0.510. The highest BCUT2D eigenvalue weighted by Crippen LogP contribution is 2.23. The van der Waals surface area contributed by atoms with Gasteiger partial charge in [0, 0.05) is 13.5 Å². The van der Waals surface area contributed by atoms with Crippen molar-refractivity contribution >= 4 is 12.1 Å². The molecule has 1 fully saturated rings. The summed E-state index contributed by atoms with van der Waals surface area (Å²) < 4.78 is 20.3. The van der Waals surface area contributed by atoms with Crippen LogP contribution >= 0.6 is 0 Å². The molecular weight excluding hydrogens is 302 g/mol. The van der Waals surface area contributed by atoms with E-state index in [1.54, 1.807) is 0 Å². The number of carbonyl (C=O) groups excluding carboxylic acids is 2. The molecule has 1 saturated heterocycles. The molecule has 7 heteroatoms. The summed E-state index contributed by atoms with van der Waals surface area (Å²) in [6.07, 6.45) is -0.493. The molecule has 0 unspecified atom stereocenters. The van der Waals surface area contributed by atoms with E-state index in [0.717, 1.165) is 5.56 Å². The normalized spacial score (nSPS) is 20.3. The minimum absolute atomic E-state index is 0.103. The second kappa shape index (κ2) is 8.50. The second-order valence-electron chi connectivity index (χ2n) is 5.16. The summed E-state index contributed by atoms with van der Waals surface area (Å²) >= 11 is 0. The largest absolute Gasteiger partial charge is 0.467 e. The lowest BCUT2D eigenvalue weighted by atomic mass is 10.2. The molecule has 2 atom stereocenters. The quantitative estimate of drug-likeness (QED) is 0.584. The van der Waals surface area contributed by atoms with Crippen molar-refractivity contribution in [2.24, 2.45) is 0 Å². The molecule has 0 N–H and O–H groups in total. The van der Waals surface area contributed by atoms with Gasteiger partial charge < -0.3 is 18.9 Å². The fraction of sp³-hybridized carbons (Fsp3) is 0.500. The third-order valence-electron chi connectivity index (χ3n) is 3.60. The van der Waals surface area contributed by atoms with Crippen molar-refractivity contribution < 1.29 is 28.5 Å². The van der Waals surface area contributed by atoms with Crippen LogP contribution in [-0.4, -0.2) is 56.7 Å². The molecule has 1 aliphatic rings. The van der Waals surface area contributed by atoms with Crippen LogP contribution in [0.4, 0.5) is 4.79 Å². The van der Waals surface area contributed by atoms with Crippen LogP contribution < -0.4 is 0 Å². The van der Waals surface area contributed by atoms with E-state index < -0.39 is 18.1 Å². The Kier molecular flexibility index (Phi) is 6.37. The van der Waals surface area contributed by atoms with Gasteiger partial charge in [-0.2, -0.15) is 0 Å². The Morgan fingerprint density at radius 2 is 1.96 bits per heavy atom. The van der Waals surface area contributed by atoms with Crippen molar-refractivity contribution in [1.29, 1.82) is 0 Å². The van der Waals surface area contributed by atoms with Gasteiger partial charge in [-0.05, 0) is 5.56 Å². The van der Waals surface area contributed by atoms with E-state index in [-0.39, 0.29) is 26.0 Å². The lowest BCUT2D eigenvalue weighted by molar-refractivity contribution is -0.145. The Hall–Kier alpha value is -2.12. The van der Waals surface area contributed by atoms with Crippen LogP contribution in [0, 0.1) is 0 Å². The van der Waals surface area contributed by atoms with Crippen LogP contribution in [0.5, 0.6) is 0 Å². The molecule has 1 aromatic carbocycles. The first kappa shape index (κ1) is 17.2. The Labute approximate surface area is 135 Å². The number of rotatable bonds is 6. The van der Waals surface area contributed by atoms with Gasteiger partial charge in [-0.25, -0.2) is 9.59 Å². The average molecular weight is 323 g/mol. The first-order valence-electron chi connectivity index (χ1n) is 7.31. The minimum Gasteiger partial charge on any atom is -0.467 e. The number of amides is 1. The Morgan fingerprint density at radius 1 is 1.22 bits per heavy atom. The molecule has 1 amide bonds. The van der Waals surface area contributed by atoms with E-state index >= 15 is 0 Å². The fourth-order valence-electron chi connectivity index (χ4n) is 2.45. The van der Waals surface area contributed by atoms with Crippen LogP contribution in [0.1, 0.15) is 12.0 Å². The van der Waals surface area contributed by atoms with Gasteiger partial charge in [-0.1, -0.05) is 30.3 Å². The zero-order chi connectivity index (χ0) is 16.7. The second-order valence-corrected chi connectivity index (χ2v) is 5.16. The summed E-state index contributed by atoms with van der Waals surface area (Å²) in [5.74, 6) is -0.481. The zero-order valence-corrected chi connectivity index (χ0v) is 13.3. The number of benzene rings is 1. The SMILES string of the molecule is COCO[C@H]1C[C@H](C(=O)OC)N(C(=O)OCc2ccccc2)C1. The minimum atomic E-state index is -0.704. The predicted octanol–water partition coefficient (Wildman–Crippen LogP) is 1.56. The first-order valence-corrected chi connectivity index (χ1v) is 7.31. The monoisotopic (exact) mass is 323 g/mol. The molecule has 0 radical (unpaired) electrons. The summed E-state index contributed by atoms with van der Waals surface area (Å²) in [7, 11) is 2.80. The predicted molar refractivity (Wildman–Crippen MR) is 80.5 cm³/mol. The molecular formula is C16H21NO6. The van der Waals surface area contributed by atoms with Gasteiger partial charge in [0.05, 0.1) is 19.8 Å². The Bertz CT molecular complexity index is 521. The summed E-state index contributed by atoms with van der Waals surface area (Å²) in [4.78, 5) is 25.5. The lowest BCUT2D eigenvalue weighted by Gasteiger charge is -2.21. The molecule has 0 saturated carbocycles. The molecule has 126 valence electrons. The van der Waals surface area contributed by atoms with Crippen molar-refractivity contribution in [2.45, 2.75) is 25.2 Å². The van der Waals surface area contributed by atoms with Crippen LogP contribution in [0.15, 0.2) is 30.3 Å². The smallest absolute Gasteiger partial charge is 0.410 e. The van der Waals surface area contributed by atoms with Crippen molar-refractivity contribution in [3.05, 3.63) is 35.9 Å². The maximum absolute atomic E-state index is 12.3. The van der Waals surface area contributed by atoms with Gasteiger partial charge in [0.15, 0.2) is 0 Å². The van der Waals surface area contributed by atoms with Crippen LogP contribution in [-0.2, 0) is 30.3 Å². The first-order chi connectivity index (χ1) is 11.2. The molecule has 0 aromatic heterocycles. The number of ether oxygens (including phenoxy) is 4. The van der Waals surface area contributed by atoms with E-state index in [1.165, 1.54) is 19.1 Å². The Balaban J connectivity index is 1.96. The topological polar surface area (TPSA) is 74.3 Å². The molecule has 1 aromatic rings. The van der Waals surface area contributed by atoms with E-state index in [0.29, 0.717) is 6.42 Å². The maximum Gasteiger partial charge on any atom is 0.410 e. The number of esters is 1. The molecule has 0 spiro atoms. The van der Waals surface area contributed by atoms with Crippen LogP contribution in [0.3, 0.4) is 0 Å². The van der Waals surface area contributed by atoms with Gasteiger partial charge in [0.25, 0.3) is 0 Å². The number of methoxy groups -OCH3 is 2. The average Bonchev–Trinajstić information content (AvgIpc) is 3.02. The van der Waals surface area contributed by atoms with E-state index in [4.69, 9.17) is 18.9 Å². The van der Waals surface area contributed by atoms with Gasteiger partial charge in [-0.3, -0.25) is 4.90 Å². The standard InChI is InChI=1S/C16H21NO6/c1-20-11-23-13-8-14(15(18)21-2)17(9-13)16(19)22-10-12-6-4-3-5-7-12/h3-7,13-14H,8-11H2,1-2H3/t13-,14+/m0/s1. The number of hydrogen-bond acceptors (Lipinski definition) is 6. The highest BCUT2D eigenvalue weighted by molar-refractivity contribution is 5.82. The summed E-state index contributed by atoms with van der Waals surface area (Å²) in [6, 6.07) is 8.64. The van der Waals surface area contributed by atoms with Gasteiger partial charge in [-0.15, -0.1) is 0 Å². The fourth-order valence-corrected chi connectivity index (χ4v) is 2.45. The van der Waals surface area contributed by atoms with E-state index in [2.05, 4.69) is 0 Å². The van der Waals surface area contributed by atoms with Gasteiger partial charge in [0.1, 0.15) is 19.4 Å². The highest BCUT2D eigenvalue weighted by atomic mass is 16.7. The number of hydrogen-bond donors (Lipinski definition) is 0. The van der Waals surface area contributed by atoms with Crippen molar-refractivity contribution in [3.8, 4) is 0 Å². The third kappa shape index (κ3) is 4.67. The molecule has 1 aliphatic heterocycles. The van der Waals surface area contributed by atoms with Crippen molar-refractivity contribution in [1.82, 2.24) is 4.90 Å². The molecule has 23 heavy (non-hydrogen) atoms. The van der Waals surface area contributed by atoms with E-state index in [9.17, 15) is 9.59 Å². The molecule has 0 bridgehead atoms. The Morgan fingerprint density at radius 3 is 2.61 bits per heavy atom. The highest BCUT2D eigenvalue weighted by Gasteiger charge is 2.41. The third-order valence-corrected chi connectivity index (χ3v) is 3.60. The molecule has 2 rings (SSSR count). The number of likely N-dealkylation sites (tertiary alicyclic amines) is 1. The van der Waals surface area contributed by atoms with Crippen molar-refractivity contribution in [3.63, 3.8) is 0 Å². The zero-order valence-electron chi connectivity index (χ0n) is 13.3. The molecule has 7 nitrogen and oxygen atoms in total. The summed E-state index contributed by atoms with van der Waals surface area (Å²) in [5.41, 5.74) is 0.877. The maximum atomic E-state index is 12.3. The van der Waals surface area contributed by atoms with Crippen LogP contribution in [0.2, 0.25) is 0 Å². The number of nitrogens with zero attached hydrogens (tertiary/aromatic N) is 1. The van der Waals surface area contributed by atoms with Gasteiger partial charge >= 0.3 is 12.1 Å². The molecule has 0 aliphatic carbocycles. The number of carbonyl (C=O) groups is 2. The van der Waals surface area contributed by atoms with Crippen LogP contribution in [0.25, 0.3) is 0 Å². The lowest BCUT2D eigenvalue weighted by Crippen LogP contribution is -2.41. The van der Waals surface area contributed by atoms with E-state index in [1.807, 2.05) is 30.3 Å². The van der Waals surface area contributed by atoms with Gasteiger partial charge in [0.2, 0.25) is 0 Å².